The third-order valence-corrected chi connectivity index (χ3v) is 6.21. The van der Waals surface area contributed by atoms with Crippen molar-refractivity contribution in [1.29, 1.82) is 0 Å². The fourth-order valence-corrected chi connectivity index (χ4v) is 2.60. The summed E-state index contributed by atoms with van der Waals surface area (Å²) < 4.78 is 42.8. The Kier molecular flexibility index (Phi) is 20.5. The first kappa shape index (κ1) is 26.9. The number of hydrogen-bond donors (Lipinski definition) is 0. The highest BCUT2D eigenvalue weighted by atomic mass is 28.4. The van der Waals surface area contributed by atoms with E-state index in [-0.39, 0.29) is 0 Å². The molecule has 0 bridgehead atoms. The standard InChI is InChI=1S/C18H40O8Si/c1-19-5-6-21-7-8-22-9-10-23-11-12-24-13-14-25-15-16-26-17-18-27(3,4)20-2/h5-18H2,1-4H3. The van der Waals surface area contributed by atoms with Crippen LogP contribution >= 0.6 is 0 Å². The van der Waals surface area contributed by atoms with Crippen molar-refractivity contribution in [3.8, 4) is 0 Å². The van der Waals surface area contributed by atoms with Crippen LogP contribution in [0.4, 0.5) is 0 Å². The smallest absolute Gasteiger partial charge is 0.188 e. The molecule has 0 fully saturated rings. The van der Waals surface area contributed by atoms with Gasteiger partial charge in [-0.2, -0.15) is 0 Å². The predicted molar refractivity (Wildman–Crippen MR) is 106 cm³/mol. The van der Waals surface area contributed by atoms with Gasteiger partial charge >= 0.3 is 0 Å². The molecule has 0 aliphatic rings. The van der Waals surface area contributed by atoms with Crippen molar-refractivity contribution in [3.05, 3.63) is 0 Å². The van der Waals surface area contributed by atoms with E-state index in [2.05, 4.69) is 13.1 Å². The average molecular weight is 413 g/mol. The Hall–Kier alpha value is -0.103. The van der Waals surface area contributed by atoms with E-state index in [4.69, 9.17) is 37.6 Å². The monoisotopic (exact) mass is 412 g/mol. The van der Waals surface area contributed by atoms with Crippen molar-refractivity contribution < 1.29 is 37.6 Å². The van der Waals surface area contributed by atoms with Crippen LogP contribution in [0, 0.1) is 0 Å². The summed E-state index contributed by atoms with van der Waals surface area (Å²) in [6.45, 7) is 12.0. The fraction of sp³-hybridized carbons (Fsp3) is 1.00. The van der Waals surface area contributed by atoms with Crippen LogP contribution in [0.5, 0.6) is 0 Å². The molecule has 8 nitrogen and oxygen atoms in total. The van der Waals surface area contributed by atoms with Crippen molar-refractivity contribution in [1.82, 2.24) is 0 Å². The van der Waals surface area contributed by atoms with E-state index < -0.39 is 8.32 Å². The van der Waals surface area contributed by atoms with Crippen LogP contribution in [0.1, 0.15) is 0 Å². The number of ether oxygens (including phenoxy) is 7. The number of methoxy groups -OCH3 is 1. The Morgan fingerprint density at radius 3 is 1.04 bits per heavy atom. The Bertz CT molecular complexity index is 295. The summed E-state index contributed by atoms with van der Waals surface area (Å²) in [5.41, 5.74) is 0. The maximum absolute atomic E-state index is 5.54. The van der Waals surface area contributed by atoms with Gasteiger partial charge in [0.15, 0.2) is 8.32 Å². The van der Waals surface area contributed by atoms with Crippen LogP contribution in [0.15, 0.2) is 0 Å². The SMILES string of the molecule is COCCOCCOCCOCCOCCOCCOCC[Si](C)(C)OC. The topological polar surface area (TPSA) is 73.8 Å². The molecule has 0 radical (unpaired) electrons. The first-order chi connectivity index (χ1) is 13.1. The Morgan fingerprint density at radius 1 is 0.444 bits per heavy atom. The lowest BCUT2D eigenvalue weighted by Gasteiger charge is -2.19. The molecule has 0 spiro atoms. The van der Waals surface area contributed by atoms with Gasteiger partial charge in [0.05, 0.1) is 79.3 Å². The molecule has 0 rings (SSSR count). The lowest BCUT2D eigenvalue weighted by atomic mass is 10.7. The molecule has 164 valence electrons. The van der Waals surface area contributed by atoms with Gasteiger partial charge in [0.2, 0.25) is 0 Å². The summed E-state index contributed by atoms with van der Waals surface area (Å²) in [6, 6.07) is 1.000. The number of hydrogen-bond acceptors (Lipinski definition) is 8. The van der Waals surface area contributed by atoms with Crippen molar-refractivity contribution in [2.24, 2.45) is 0 Å². The van der Waals surface area contributed by atoms with E-state index >= 15 is 0 Å². The zero-order chi connectivity index (χ0) is 20.1. The van der Waals surface area contributed by atoms with Crippen LogP contribution in [0.25, 0.3) is 0 Å². The minimum atomic E-state index is -1.51. The molecule has 0 aliphatic heterocycles. The Balaban J connectivity index is 3.05. The molecule has 0 amide bonds. The van der Waals surface area contributed by atoms with E-state index in [1.165, 1.54) is 0 Å². The van der Waals surface area contributed by atoms with Gasteiger partial charge < -0.3 is 37.6 Å². The molecule has 0 aromatic heterocycles. The molecule has 27 heavy (non-hydrogen) atoms. The lowest BCUT2D eigenvalue weighted by Crippen LogP contribution is -2.30. The maximum Gasteiger partial charge on any atom is 0.188 e. The minimum Gasteiger partial charge on any atom is -0.420 e. The van der Waals surface area contributed by atoms with E-state index in [0.717, 1.165) is 12.7 Å². The van der Waals surface area contributed by atoms with Crippen molar-refractivity contribution in [2.75, 3.05) is 100 Å². The van der Waals surface area contributed by atoms with Gasteiger partial charge in [-0.1, -0.05) is 0 Å². The summed E-state index contributed by atoms with van der Waals surface area (Å²) >= 11 is 0. The summed E-state index contributed by atoms with van der Waals surface area (Å²) in [5, 5.41) is 0. The van der Waals surface area contributed by atoms with Gasteiger partial charge in [0.1, 0.15) is 0 Å². The fourth-order valence-electron chi connectivity index (χ4n) is 1.76. The lowest BCUT2D eigenvalue weighted by molar-refractivity contribution is -0.0187. The largest absolute Gasteiger partial charge is 0.420 e. The molecule has 0 unspecified atom stereocenters. The second-order valence-electron chi connectivity index (χ2n) is 6.38. The zero-order valence-corrected chi connectivity index (χ0v) is 18.7. The summed E-state index contributed by atoms with van der Waals surface area (Å²) in [7, 11) is 1.92. The van der Waals surface area contributed by atoms with Crippen LogP contribution in [0.3, 0.4) is 0 Å². The third-order valence-electron chi connectivity index (χ3n) is 3.69. The average Bonchev–Trinajstić information content (AvgIpc) is 2.66. The Labute approximate surface area is 165 Å². The third kappa shape index (κ3) is 22.1. The van der Waals surface area contributed by atoms with Gasteiger partial charge in [-0.05, 0) is 19.1 Å². The number of rotatable bonds is 22. The zero-order valence-electron chi connectivity index (χ0n) is 17.7. The van der Waals surface area contributed by atoms with Crippen molar-refractivity contribution >= 4 is 8.32 Å². The summed E-state index contributed by atoms with van der Waals surface area (Å²) in [5.74, 6) is 0. The van der Waals surface area contributed by atoms with Crippen molar-refractivity contribution in [3.63, 3.8) is 0 Å². The predicted octanol–water partition coefficient (Wildman–Crippen LogP) is 1.58. The van der Waals surface area contributed by atoms with Gasteiger partial charge in [-0.15, -0.1) is 0 Å². The Morgan fingerprint density at radius 2 is 0.741 bits per heavy atom. The molecule has 0 saturated carbocycles. The molecule has 9 heteroatoms. The molecule has 0 aromatic rings. The van der Waals surface area contributed by atoms with E-state index in [9.17, 15) is 0 Å². The first-order valence-corrected chi connectivity index (χ1v) is 12.7. The van der Waals surface area contributed by atoms with Crippen LogP contribution in [0.2, 0.25) is 19.1 Å². The molecule has 0 heterocycles. The van der Waals surface area contributed by atoms with E-state index in [1.807, 2.05) is 0 Å². The molecular formula is C18H40O8Si. The molecule has 0 atom stereocenters. The maximum atomic E-state index is 5.54. The highest BCUT2D eigenvalue weighted by Crippen LogP contribution is 2.08. The van der Waals surface area contributed by atoms with E-state index in [1.54, 1.807) is 14.2 Å². The first-order valence-electron chi connectivity index (χ1n) is 9.63. The minimum absolute atomic E-state index is 0.552. The molecular weight excluding hydrogens is 372 g/mol. The van der Waals surface area contributed by atoms with Crippen LogP contribution in [-0.4, -0.2) is 108 Å². The van der Waals surface area contributed by atoms with Crippen molar-refractivity contribution in [2.45, 2.75) is 19.1 Å². The molecule has 0 aromatic carbocycles. The summed E-state index contributed by atoms with van der Waals surface area (Å²) in [4.78, 5) is 0. The highest BCUT2D eigenvalue weighted by molar-refractivity contribution is 6.71. The van der Waals surface area contributed by atoms with Crippen LogP contribution in [-0.2, 0) is 37.6 Å². The molecule has 0 N–H and O–H groups in total. The second-order valence-corrected chi connectivity index (χ2v) is 10.8. The van der Waals surface area contributed by atoms with Gasteiger partial charge in [0.25, 0.3) is 0 Å². The highest BCUT2D eigenvalue weighted by Gasteiger charge is 2.19. The normalized spacial score (nSPS) is 12.0. The molecule has 0 aliphatic carbocycles. The van der Waals surface area contributed by atoms with Gasteiger partial charge in [-0.25, -0.2) is 0 Å². The second kappa shape index (κ2) is 20.6. The van der Waals surface area contributed by atoms with Crippen LogP contribution < -0.4 is 0 Å². The van der Waals surface area contributed by atoms with E-state index in [0.29, 0.717) is 79.3 Å². The van der Waals surface area contributed by atoms with Gasteiger partial charge in [0, 0.05) is 20.8 Å². The quantitative estimate of drug-likeness (QED) is 0.196. The van der Waals surface area contributed by atoms with Gasteiger partial charge in [-0.3, -0.25) is 0 Å². The molecule has 0 saturated heterocycles. The summed E-state index contributed by atoms with van der Waals surface area (Å²) in [6.07, 6.45) is 0.